The third-order valence-corrected chi connectivity index (χ3v) is 8.93. The van der Waals surface area contributed by atoms with Gasteiger partial charge in [-0.15, -0.1) is 0 Å². The standard InChI is InChI=1S/C28H37BrN8O/c29-19-5-3-4-18(16-19)27(38)36-14-12-22(13-15-36)32-25-24-26(37(17-31-24)23-6-1-2-7-23)35-28(34-25)33-21-10-8-20(30)9-11-21/h3-5,16-17,20-23H,1-2,6-15,30H2,(H2,32,33,34,35)/t20-,21-. The van der Waals surface area contributed by atoms with E-state index in [9.17, 15) is 4.79 Å². The molecule has 10 heteroatoms. The molecule has 1 saturated heterocycles. The Hall–Kier alpha value is -2.72. The largest absolute Gasteiger partial charge is 0.365 e. The molecule has 3 heterocycles. The molecule has 3 aliphatic rings. The summed E-state index contributed by atoms with van der Waals surface area (Å²) in [4.78, 5) is 29.6. The van der Waals surface area contributed by atoms with E-state index < -0.39 is 0 Å². The molecule has 4 N–H and O–H groups in total. The van der Waals surface area contributed by atoms with Gasteiger partial charge >= 0.3 is 0 Å². The molecule has 0 radical (unpaired) electrons. The Kier molecular flexibility index (Phi) is 7.52. The minimum atomic E-state index is 0.0863. The second kappa shape index (κ2) is 11.2. The molecule has 0 bridgehead atoms. The Bertz CT molecular complexity index is 1270. The minimum absolute atomic E-state index is 0.0863. The van der Waals surface area contributed by atoms with Crippen molar-refractivity contribution in [1.82, 2.24) is 24.4 Å². The van der Waals surface area contributed by atoms with Gasteiger partial charge < -0.3 is 25.8 Å². The number of benzene rings is 1. The number of amides is 1. The number of anilines is 2. The minimum Gasteiger partial charge on any atom is -0.365 e. The lowest BCUT2D eigenvalue weighted by Crippen LogP contribution is -2.42. The van der Waals surface area contributed by atoms with Crippen LogP contribution in [0.5, 0.6) is 0 Å². The molecule has 2 aliphatic carbocycles. The molecule has 202 valence electrons. The molecule has 0 atom stereocenters. The Morgan fingerprint density at radius 1 is 0.947 bits per heavy atom. The van der Waals surface area contributed by atoms with E-state index in [-0.39, 0.29) is 11.9 Å². The summed E-state index contributed by atoms with van der Waals surface area (Å²) in [6, 6.07) is 8.94. The molecule has 3 aromatic rings. The Morgan fingerprint density at radius 3 is 2.42 bits per heavy atom. The molecule has 1 aliphatic heterocycles. The van der Waals surface area contributed by atoms with Crippen LogP contribution in [0.3, 0.4) is 0 Å². The van der Waals surface area contributed by atoms with Crippen LogP contribution in [0.4, 0.5) is 11.8 Å². The van der Waals surface area contributed by atoms with Crippen molar-refractivity contribution in [1.29, 1.82) is 0 Å². The van der Waals surface area contributed by atoms with Crippen molar-refractivity contribution in [2.45, 2.75) is 88.4 Å². The summed E-state index contributed by atoms with van der Waals surface area (Å²) >= 11 is 3.47. The first-order valence-corrected chi connectivity index (χ1v) is 14.9. The molecule has 2 saturated carbocycles. The summed E-state index contributed by atoms with van der Waals surface area (Å²) in [5, 5.41) is 7.30. The molecule has 2 aromatic heterocycles. The summed E-state index contributed by atoms with van der Waals surface area (Å²) in [6.45, 7) is 1.42. The number of nitrogens with two attached hydrogens (primary N) is 1. The number of fused-ring (bicyclic) bond motifs is 1. The number of piperidine rings is 1. The van der Waals surface area contributed by atoms with E-state index in [4.69, 9.17) is 20.7 Å². The van der Waals surface area contributed by atoms with Crippen LogP contribution in [-0.4, -0.2) is 61.5 Å². The van der Waals surface area contributed by atoms with Gasteiger partial charge in [0.25, 0.3) is 5.91 Å². The zero-order valence-corrected chi connectivity index (χ0v) is 23.4. The summed E-state index contributed by atoms with van der Waals surface area (Å²) in [5.41, 5.74) is 8.59. The summed E-state index contributed by atoms with van der Waals surface area (Å²) in [7, 11) is 0. The number of nitrogens with one attached hydrogen (secondary N) is 2. The highest BCUT2D eigenvalue weighted by atomic mass is 79.9. The maximum Gasteiger partial charge on any atom is 0.253 e. The van der Waals surface area contributed by atoms with Crippen LogP contribution >= 0.6 is 15.9 Å². The number of carbonyl (C=O) groups excluding carboxylic acids is 1. The van der Waals surface area contributed by atoms with Gasteiger partial charge in [0, 0.05) is 47.3 Å². The second-order valence-corrected chi connectivity index (χ2v) is 12.1. The number of rotatable bonds is 6. The third kappa shape index (κ3) is 5.52. The fraction of sp³-hybridized carbons (Fsp3) is 0.571. The van der Waals surface area contributed by atoms with Crippen molar-refractivity contribution in [3.8, 4) is 0 Å². The Morgan fingerprint density at radius 2 is 1.68 bits per heavy atom. The van der Waals surface area contributed by atoms with E-state index in [1.165, 1.54) is 25.7 Å². The molecule has 38 heavy (non-hydrogen) atoms. The first-order chi connectivity index (χ1) is 18.5. The molecular formula is C28H37BrN8O. The van der Waals surface area contributed by atoms with Crippen molar-refractivity contribution in [2.24, 2.45) is 5.73 Å². The predicted octanol–water partition coefficient (Wildman–Crippen LogP) is 5.10. The van der Waals surface area contributed by atoms with Crippen molar-refractivity contribution >= 4 is 44.8 Å². The van der Waals surface area contributed by atoms with E-state index >= 15 is 0 Å². The highest BCUT2D eigenvalue weighted by molar-refractivity contribution is 9.10. The molecule has 0 spiro atoms. The van der Waals surface area contributed by atoms with Crippen LogP contribution in [0, 0.1) is 0 Å². The second-order valence-electron chi connectivity index (χ2n) is 11.1. The van der Waals surface area contributed by atoms with Gasteiger partial charge in [-0.1, -0.05) is 34.8 Å². The number of halogens is 1. The predicted molar refractivity (Wildman–Crippen MR) is 153 cm³/mol. The third-order valence-electron chi connectivity index (χ3n) is 8.44. The summed E-state index contributed by atoms with van der Waals surface area (Å²) in [6.07, 6.45) is 12.7. The van der Waals surface area contributed by atoms with Crippen molar-refractivity contribution in [2.75, 3.05) is 23.7 Å². The van der Waals surface area contributed by atoms with Crippen LogP contribution in [-0.2, 0) is 0 Å². The molecule has 6 rings (SSSR count). The van der Waals surface area contributed by atoms with Gasteiger partial charge in [-0.2, -0.15) is 9.97 Å². The number of carbonyl (C=O) groups is 1. The van der Waals surface area contributed by atoms with E-state index in [2.05, 4.69) is 31.1 Å². The van der Waals surface area contributed by atoms with Crippen LogP contribution < -0.4 is 16.4 Å². The highest BCUT2D eigenvalue weighted by Gasteiger charge is 2.27. The number of hydrogen-bond donors (Lipinski definition) is 3. The smallest absolute Gasteiger partial charge is 0.253 e. The zero-order valence-electron chi connectivity index (χ0n) is 21.8. The molecule has 9 nitrogen and oxygen atoms in total. The lowest BCUT2D eigenvalue weighted by molar-refractivity contribution is 0.0718. The highest BCUT2D eigenvalue weighted by Crippen LogP contribution is 2.34. The topological polar surface area (TPSA) is 114 Å². The van der Waals surface area contributed by atoms with Gasteiger partial charge in [0.2, 0.25) is 5.95 Å². The monoisotopic (exact) mass is 580 g/mol. The van der Waals surface area contributed by atoms with Gasteiger partial charge in [-0.05, 0) is 69.6 Å². The van der Waals surface area contributed by atoms with Gasteiger partial charge in [-0.3, -0.25) is 4.79 Å². The van der Waals surface area contributed by atoms with Crippen molar-refractivity contribution in [3.05, 3.63) is 40.6 Å². The number of nitrogens with zero attached hydrogens (tertiary/aromatic N) is 5. The fourth-order valence-corrected chi connectivity index (χ4v) is 6.60. The van der Waals surface area contributed by atoms with Crippen molar-refractivity contribution in [3.63, 3.8) is 0 Å². The molecule has 0 unspecified atom stereocenters. The fourth-order valence-electron chi connectivity index (χ4n) is 6.20. The first-order valence-electron chi connectivity index (χ1n) is 14.1. The summed E-state index contributed by atoms with van der Waals surface area (Å²) in [5.74, 6) is 1.55. The average Bonchev–Trinajstić information content (AvgIpc) is 3.60. The SMILES string of the molecule is N[C@H]1CC[C@H](Nc2nc(NC3CCN(C(=O)c4cccc(Br)c4)CC3)c3ncn(C4CCCC4)c3n2)CC1. The van der Waals surface area contributed by atoms with Crippen LogP contribution in [0.2, 0.25) is 0 Å². The average molecular weight is 582 g/mol. The summed E-state index contributed by atoms with van der Waals surface area (Å²) < 4.78 is 3.18. The normalized spacial score (nSPS) is 23.2. The maximum atomic E-state index is 13.0. The molecule has 1 amide bonds. The van der Waals surface area contributed by atoms with E-state index in [0.29, 0.717) is 37.2 Å². The number of likely N-dealkylation sites (tertiary alicyclic amines) is 1. The lowest BCUT2D eigenvalue weighted by atomic mass is 9.92. The van der Waals surface area contributed by atoms with Crippen LogP contribution in [0.15, 0.2) is 35.1 Å². The van der Waals surface area contributed by atoms with Crippen LogP contribution in [0.1, 0.15) is 80.6 Å². The lowest BCUT2D eigenvalue weighted by Gasteiger charge is -2.33. The molecular weight excluding hydrogens is 544 g/mol. The first kappa shape index (κ1) is 25.6. The quantitative estimate of drug-likeness (QED) is 0.371. The Balaban J connectivity index is 1.19. The number of aromatic nitrogens is 4. The van der Waals surface area contributed by atoms with Gasteiger partial charge in [0.05, 0.1) is 6.33 Å². The Labute approximate surface area is 232 Å². The molecule has 3 fully saturated rings. The van der Waals surface area contributed by atoms with E-state index in [1.807, 2.05) is 35.5 Å². The van der Waals surface area contributed by atoms with Gasteiger partial charge in [0.1, 0.15) is 0 Å². The van der Waals surface area contributed by atoms with Gasteiger partial charge in [-0.25, -0.2) is 4.98 Å². The van der Waals surface area contributed by atoms with E-state index in [0.717, 1.165) is 65.5 Å². The van der Waals surface area contributed by atoms with Crippen LogP contribution in [0.25, 0.3) is 11.2 Å². The number of hydrogen-bond acceptors (Lipinski definition) is 7. The van der Waals surface area contributed by atoms with Crippen molar-refractivity contribution < 1.29 is 4.79 Å². The van der Waals surface area contributed by atoms with E-state index in [1.54, 1.807) is 0 Å². The van der Waals surface area contributed by atoms with Gasteiger partial charge in [0.15, 0.2) is 17.0 Å². The zero-order chi connectivity index (χ0) is 26.1. The number of imidazole rings is 1. The molecule has 1 aromatic carbocycles. The maximum absolute atomic E-state index is 13.0.